The van der Waals surface area contributed by atoms with Crippen LogP contribution < -0.4 is 10.5 Å². The van der Waals surface area contributed by atoms with E-state index in [1.807, 2.05) is 12.1 Å². The molecule has 1 aliphatic carbocycles. The number of nitrogens with two attached hydrogens (primary N) is 1. The molecule has 1 aromatic carbocycles. The molecular weight excluding hydrogens is 238 g/mol. The minimum Gasteiger partial charge on any atom is -0.497 e. The van der Waals surface area contributed by atoms with E-state index < -0.39 is 0 Å². The van der Waals surface area contributed by atoms with Crippen LogP contribution in [0.15, 0.2) is 24.3 Å². The van der Waals surface area contributed by atoms with E-state index in [0.29, 0.717) is 0 Å². The van der Waals surface area contributed by atoms with Crippen molar-refractivity contribution < 1.29 is 9.47 Å². The average Bonchev–Trinajstić information content (AvgIpc) is 2.73. The van der Waals surface area contributed by atoms with Crippen LogP contribution >= 0.6 is 0 Å². The predicted octanol–water partition coefficient (Wildman–Crippen LogP) is 3.43. The van der Waals surface area contributed by atoms with Gasteiger partial charge < -0.3 is 15.2 Å². The zero-order valence-electron chi connectivity index (χ0n) is 12.0. The van der Waals surface area contributed by atoms with E-state index in [1.54, 1.807) is 14.2 Å². The molecule has 0 radical (unpaired) electrons. The van der Waals surface area contributed by atoms with Gasteiger partial charge in [0.15, 0.2) is 0 Å². The molecule has 19 heavy (non-hydrogen) atoms. The molecule has 0 saturated heterocycles. The lowest BCUT2D eigenvalue weighted by Gasteiger charge is -2.37. The molecule has 3 heteroatoms. The summed E-state index contributed by atoms with van der Waals surface area (Å²) in [5.74, 6) is 0.864. The largest absolute Gasteiger partial charge is 0.497 e. The highest BCUT2D eigenvalue weighted by atomic mass is 16.5. The summed E-state index contributed by atoms with van der Waals surface area (Å²) in [6.45, 7) is 0. The summed E-state index contributed by atoms with van der Waals surface area (Å²) in [5, 5.41) is 0. The standard InChI is InChI=1S/C16H25NO2/c1-18-14-9-7-13(8-10-14)15(17)16(19-2)11-5-3-4-6-12-16/h7-10,15H,3-6,11-12,17H2,1-2H3. The Bertz CT molecular complexity index is 380. The lowest BCUT2D eigenvalue weighted by atomic mass is 9.83. The molecule has 0 spiro atoms. The van der Waals surface area contributed by atoms with Gasteiger partial charge in [-0.15, -0.1) is 0 Å². The van der Waals surface area contributed by atoms with E-state index in [4.69, 9.17) is 15.2 Å². The lowest BCUT2D eigenvalue weighted by Crippen LogP contribution is -2.42. The second kappa shape index (κ2) is 6.40. The molecule has 1 aliphatic rings. The molecule has 1 fully saturated rings. The molecule has 106 valence electrons. The van der Waals surface area contributed by atoms with Crippen LogP contribution in [0.1, 0.15) is 50.1 Å². The van der Waals surface area contributed by atoms with Crippen molar-refractivity contribution in [2.24, 2.45) is 5.73 Å². The Balaban J connectivity index is 2.20. The minimum absolute atomic E-state index is 0.0680. The average molecular weight is 263 g/mol. The topological polar surface area (TPSA) is 44.5 Å². The Morgan fingerprint density at radius 3 is 2.05 bits per heavy atom. The number of methoxy groups -OCH3 is 2. The number of rotatable bonds is 4. The van der Waals surface area contributed by atoms with Crippen molar-refractivity contribution in [1.29, 1.82) is 0 Å². The zero-order valence-corrected chi connectivity index (χ0v) is 12.0. The van der Waals surface area contributed by atoms with Gasteiger partial charge in [0, 0.05) is 7.11 Å². The first-order chi connectivity index (χ1) is 9.22. The van der Waals surface area contributed by atoms with E-state index in [2.05, 4.69) is 12.1 Å². The Hall–Kier alpha value is -1.06. The molecule has 2 N–H and O–H groups in total. The predicted molar refractivity (Wildman–Crippen MR) is 77.4 cm³/mol. The fourth-order valence-corrected chi connectivity index (χ4v) is 3.08. The molecule has 2 rings (SSSR count). The van der Waals surface area contributed by atoms with Gasteiger partial charge in [-0.2, -0.15) is 0 Å². The van der Waals surface area contributed by atoms with Crippen molar-refractivity contribution in [3.63, 3.8) is 0 Å². The number of hydrogen-bond donors (Lipinski definition) is 1. The third-order valence-electron chi connectivity index (χ3n) is 4.40. The number of ether oxygens (including phenoxy) is 2. The second-order valence-corrected chi connectivity index (χ2v) is 5.43. The Morgan fingerprint density at radius 1 is 1.00 bits per heavy atom. The fourth-order valence-electron chi connectivity index (χ4n) is 3.08. The Labute approximate surface area is 116 Å². The molecule has 1 atom stereocenters. The van der Waals surface area contributed by atoms with Crippen molar-refractivity contribution in [2.45, 2.75) is 50.2 Å². The fraction of sp³-hybridized carbons (Fsp3) is 0.625. The van der Waals surface area contributed by atoms with Gasteiger partial charge in [0.2, 0.25) is 0 Å². The second-order valence-electron chi connectivity index (χ2n) is 5.43. The van der Waals surface area contributed by atoms with Gasteiger partial charge in [-0.1, -0.05) is 37.8 Å². The van der Waals surface area contributed by atoms with Gasteiger partial charge in [-0.05, 0) is 30.5 Å². The summed E-state index contributed by atoms with van der Waals surface area (Å²) in [7, 11) is 3.48. The molecule has 1 unspecified atom stereocenters. The maximum Gasteiger partial charge on any atom is 0.118 e. The summed E-state index contributed by atoms with van der Waals surface area (Å²) < 4.78 is 11.1. The maximum absolute atomic E-state index is 6.51. The van der Waals surface area contributed by atoms with Crippen molar-refractivity contribution >= 4 is 0 Å². The lowest BCUT2D eigenvalue weighted by molar-refractivity contribution is -0.0442. The van der Waals surface area contributed by atoms with Crippen molar-refractivity contribution in [1.82, 2.24) is 0 Å². The van der Waals surface area contributed by atoms with Gasteiger partial charge in [0.05, 0.1) is 18.8 Å². The van der Waals surface area contributed by atoms with Crippen molar-refractivity contribution in [2.75, 3.05) is 14.2 Å². The van der Waals surface area contributed by atoms with Gasteiger partial charge in [0.1, 0.15) is 5.75 Å². The van der Waals surface area contributed by atoms with Gasteiger partial charge in [0.25, 0.3) is 0 Å². The Kier molecular flexibility index (Phi) is 4.83. The van der Waals surface area contributed by atoms with E-state index in [9.17, 15) is 0 Å². The molecule has 3 nitrogen and oxygen atoms in total. The highest BCUT2D eigenvalue weighted by Gasteiger charge is 2.37. The summed E-state index contributed by atoms with van der Waals surface area (Å²) in [6.07, 6.45) is 7.10. The quantitative estimate of drug-likeness (QED) is 0.846. The van der Waals surface area contributed by atoms with Crippen LogP contribution in [0.25, 0.3) is 0 Å². The van der Waals surface area contributed by atoms with Gasteiger partial charge in [-0.25, -0.2) is 0 Å². The van der Waals surface area contributed by atoms with E-state index >= 15 is 0 Å². The SMILES string of the molecule is COc1ccc(C(N)C2(OC)CCCCCC2)cc1. The smallest absolute Gasteiger partial charge is 0.118 e. The third kappa shape index (κ3) is 3.10. The summed E-state index contributed by atoms with van der Waals surface area (Å²) in [4.78, 5) is 0. The molecule has 0 heterocycles. The van der Waals surface area contributed by atoms with Crippen LogP contribution in [0.5, 0.6) is 5.75 Å². The maximum atomic E-state index is 6.51. The Morgan fingerprint density at radius 2 is 1.58 bits per heavy atom. The van der Waals surface area contributed by atoms with Gasteiger partial charge >= 0.3 is 0 Å². The summed E-state index contributed by atoms with van der Waals surface area (Å²) in [6, 6.07) is 7.97. The monoisotopic (exact) mass is 263 g/mol. The molecule has 0 bridgehead atoms. The number of benzene rings is 1. The van der Waals surface area contributed by atoms with Gasteiger partial charge in [-0.3, -0.25) is 0 Å². The summed E-state index contributed by atoms with van der Waals surface area (Å²) in [5.41, 5.74) is 7.44. The van der Waals surface area contributed by atoms with Crippen LogP contribution in [0.3, 0.4) is 0 Å². The molecule has 0 aromatic heterocycles. The van der Waals surface area contributed by atoms with Crippen molar-refractivity contribution in [3.05, 3.63) is 29.8 Å². The molecule has 1 aromatic rings. The molecule has 0 amide bonds. The van der Waals surface area contributed by atoms with E-state index in [1.165, 1.54) is 25.7 Å². The first-order valence-electron chi connectivity index (χ1n) is 7.16. The first-order valence-corrected chi connectivity index (χ1v) is 7.16. The zero-order chi connectivity index (χ0) is 13.7. The van der Waals surface area contributed by atoms with Crippen LogP contribution in [-0.2, 0) is 4.74 Å². The van der Waals surface area contributed by atoms with E-state index in [-0.39, 0.29) is 11.6 Å². The molecule has 1 saturated carbocycles. The highest BCUT2D eigenvalue weighted by molar-refractivity contribution is 5.30. The van der Waals surface area contributed by atoms with Crippen LogP contribution in [0, 0.1) is 0 Å². The van der Waals surface area contributed by atoms with Crippen LogP contribution in [-0.4, -0.2) is 19.8 Å². The van der Waals surface area contributed by atoms with Crippen molar-refractivity contribution in [3.8, 4) is 5.75 Å². The summed E-state index contributed by atoms with van der Waals surface area (Å²) >= 11 is 0. The third-order valence-corrected chi connectivity index (χ3v) is 4.40. The van der Waals surface area contributed by atoms with Crippen LogP contribution in [0.4, 0.5) is 0 Å². The van der Waals surface area contributed by atoms with E-state index in [0.717, 1.165) is 24.2 Å². The normalized spacial score (nSPS) is 20.6. The first kappa shape index (κ1) is 14.4. The molecule has 0 aliphatic heterocycles. The van der Waals surface area contributed by atoms with Crippen LogP contribution in [0.2, 0.25) is 0 Å². The number of hydrogen-bond acceptors (Lipinski definition) is 3. The highest BCUT2D eigenvalue weighted by Crippen LogP contribution is 2.39. The molecular formula is C16H25NO2. The minimum atomic E-state index is -0.203.